The molecule has 0 radical (unpaired) electrons. The Bertz CT molecular complexity index is 1750. The molecular formula is C34H39ClFN7O2. The minimum absolute atomic E-state index is 0.0193. The highest BCUT2D eigenvalue weighted by atomic mass is 35.5. The Labute approximate surface area is 267 Å². The molecule has 3 aliphatic heterocycles. The van der Waals surface area contributed by atoms with Gasteiger partial charge in [0, 0.05) is 60.0 Å². The standard InChI is InChI=1S/C34H39ClFN7O2/c1-3-27(44)43-20-34(21-43)10-15-42(16-11-34)32-23-18-25(35)29(28-22(2)8-9-26-24(28)19-37-40-26)30(36)31(23)38-33(39-32)45-17-7-14-41-12-5-4-6-13-41/h3,8-9,18-19H,1,4-7,10-17,20-21H2,2H3,(H,37,40). The SMILES string of the molecule is C=CC(=O)N1CC2(CCN(c3nc(OCCCN4CCCCC4)nc4c(F)c(-c5c(C)ccc6[nH]ncc56)c(Cl)cc34)CC2)C1. The van der Waals surface area contributed by atoms with Gasteiger partial charge in [-0.15, -0.1) is 0 Å². The Kier molecular flexibility index (Phi) is 8.12. The predicted octanol–water partition coefficient (Wildman–Crippen LogP) is 6.14. The number of carbonyl (C=O) groups excluding carboxylic acids is 1. The van der Waals surface area contributed by atoms with Gasteiger partial charge in [-0.25, -0.2) is 4.39 Å². The minimum Gasteiger partial charge on any atom is -0.463 e. The highest BCUT2D eigenvalue weighted by Gasteiger charge is 2.46. The van der Waals surface area contributed by atoms with Crippen molar-refractivity contribution in [3.8, 4) is 17.1 Å². The van der Waals surface area contributed by atoms with Crippen molar-refractivity contribution in [2.24, 2.45) is 5.41 Å². The molecule has 45 heavy (non-hydrogen) atoms. The van der Waals surface area contributed by atoms with E-state index in [0.717, 1.165) is 81.5 Å². The number of aromatic nitrogens is 4. The maximum atomic E-state index is 16.8. The molecule has 236 valence electrons. The molecule has 2 aromatic carbocycles. The zero-order valence-corrected chi connectivity index (χ0v) is 26.5. The van der Waals surface area contributed by atoms with E-state index in [2.05, 4.69) is 31.6 Å². The summed E-state index contributed by atoms with van der Waals surface area (Å²) in [6.07, 6.45) is 9.52. The van der Waals surface area contributed by atoms with Crippen molar-refractivity contribution in [2.45, 2.75) is 45.4 Å². The monoisotopic (exact) mass is 631 g/mol. The number of piperidine rings is 2. The lowest BCUT2D eigenvalue weighted by molar-refractivity contribution is -0.139. The third-order valence-electron chi connectivity index (χ3n) is 9.89. The number of nitrogens with one attached hydrogen (secondary N) is 1. The summed E-state index contributed by atoms with van der Waals surface area (Å²) in [5.41, 5.74) is 2.98. The number of H-pyrrole nitrogens is 1. The van der Waals surface area contributed by atoms with Crippen molar-refractivity contribution in [3.05, 3.63) is 53.5 Å². The first-order chi connectivity index (χ1) is 21.9. The molecule has 4 aromatic rings. The largest absolute Gasteiger partial charge is 0.463 e. The van der Waals surface area contributed by atoms with Crippen LogP contribution in [0.15, 0.2) is 37.1 Å². The van der Waals surface area contributed by atoms with Gasteiger partial charge in [0.1, 0.15) is 11.3 Å². The van der Waals surface area contributed by atoms with E-state index in [1.807, 2.05) is 24.0 Å². The molecule has 0 atom stereocenters. The number of aryl methyl sites for hydroxylation is 1. The fourth-order valence-corrected chi connectivity index (χ4v) is 7.63. The van der Waals surface area contributed by atoms with Gasteiger partial charge in [-0.2, -0.15) is 15.1 Å². The van der Waals surface area contributed by atoms with E-state index < -0.39 is 5.82 Å². The number of likely N-dealkylation sites (tertiary alicyclic amines) is 2. The molecule has 1 spiro atoms. The molecule has 0 aliphatic carbocycles. The molecule has 1 amide bonds. The lowest BCUT2D eigenvalue weighted by Crippen LogP contribution is -2.61. The van der Waals surface area contributed by atoms with Gasteiger partial charge in [-0.3, -0.25) is 9.89 Å². The Morgan fingerprint density at radius 3 is 2.64 bits per heavy atom. The van der Waals surface area contributed by atoms with Crippen molar-refractivity contribution in [3.63, 3.8) is 0 Å². The summed E-state index contributed by atoms with van der Waals surface area (Å²) < 4.78 is 22.9. The molecular weight excluding hydrogens is 593 g/mol. The topological polar surface area (TPSA) is 90.5 Å². The third kappa shape index (κ3) is 5.63. The van der Waals surface area contributed by atoms with Crippen LogP contribution in [0.2, 0.25) is 5.02 Å². The second-order valence-corrected chi connectivity index (χ2v) is 13.3. The van der Waals surface area contributed by atoms with E-state index in [1.165, 1.54) is 25.3 Å². The van der Waals surface area contributed by atoms with E-state index >= 15 is 4.39 Å². The van der Waals surface area contributed by atoms with Crippen LogP contribution < -0.4 is 9.64 Å². The molecule has 2 aromatic heterocycles. The van der Waals surface area contributed by atoms with Gasteiger partial charge < -0.3 is 19.4 Å². The molecule has 9 nitrogen and oxygen atoms in total. The molecule has 3 fully saturated rings. The van der Waals surface area contributed by atoms with Crippen LogP contribution in [-0.2, 0) is 4.79 Å². The number of nitrogens with zero attached hydrogens (tertiary/aromatic N) is 6. The summed E-state index contributed by atoms with van der Waals surface area (Å²) in [5.74, 6) is 0.112. The number of halogens is 2. The van der Waals surface area contributed by atoms with Crippen LogP contribution in [0.25, 0.3) is 32.9 Å². The fraction of sp³-hybridized carbons (Fsp3) is 0.471. The number of ether oxygens (including phenoxy) is 1. The van der Waals surface area contributed by atoms with Crippen LogP contribution in [0.1, 0.15) is 44.1 Å². The lowest BCUT2D eigenvalue weighted by atomic mass is 9.72. The van der Waals surface area contributed by atoms with Crippen molar-refractivity contribution in [1.29, 1.82) is 0 Å². The zero-order valence-electron chi connectivity index (χ0n) is 25.7. The van der Waals surface area contributed by atoms with Gasteiger partial charge in [0.05, 0.1) is 23.3 Å². The van der Waals surface area contributed by atoms with Crippen LogP contribution in [-0.4, -0.2) is 88.3 Å². The van der Waals surface area contributed by atoms with Crippen LogP contribution >= 0.6 is 11.6 Å². The Balaban J connectivity index is 1.22. The highest BCUT2D eigenvalue weighted by molar-refractivity contribution is 6.35. The van der Waals surface area contributed by atoms with Crippen LogP contribution in [0, 0.1) is 18.2 Å². The van der Waals surface area contributed by atoms with Crippen LogP contribution in [0.5, 0.6) is 6.01 Å². The van der Waals surface area contributed by atoms with Gasteiger partial charge in [0.15, 0.2) is 5.82 Å². The van der Waals surface area contributed by atoms with Crippen molar-refractivity contribution >= 4 is 45.1 Å². The molecule has 0 saturated carbocycles. The molecule has 0 bridgehead atoms. The summed E-state index contributed by atoms with van der Waals surface area (Å²) >= 11 is 6.92. The second kappa shape index (κ2) is 12.2. The van der Waals surface area contributed by atoms with E-state index in [1.54, 1.807) is 12.3 Å². The molecule has 3 saturated heterocycles. The first-order valence-electron chi connectivity index (χ1n) is 16.0. The Hall–Kier alpha value is -3.76. The number of amides is 1. The van der Waals surface area contributed by atoms with Gasteiger partial charge in [-0.05, 0) is 75.9 Å². The number of benzene rings is 2. The molecule has 0 unspecified atom stereocenters. The Morgan fingerprint density at radius 1 is 1.11 bits per heavy atom. The Morgan fingerprint density at radius 2 is 1.89 bits per heavy atom. The number of hydrogen-bond donors (Lipinski definition) is 1. The smallest absolute Gasteiger partial charge is 0.319 e. The number of aromatic amines is 1. The number of hydrogen-bond acceptors (Lipinski definition) is 7. The third-order valence-corrected chi connectivity index (χ3v) is 10.2. The predicted molar refractivity (Wildman–Crippen MR) is 175 cm³/mol. The normalized spacial score (nSPS) is 18.5. The average Bonchev–Trinajstić information content (AvgIpc) is 3.52. The van der Waals surface area contributed by atoms with E-state index in [0.29, 0.717) is 34.0 Å². The molecule has 11 heteroatoms. The van der Waals surface area contributed by atoms with E-state index in [9.17, 15) is 4.79 Å². The fourth-order valence-electron chi connectivity index (χ4n) is 7.35. The summed E-state index contributed by atoms with van der Waals surface area (Å²) in [6, 6.07) is 5.84. The maximum absolute atomic E-state index is 16.8. The molecule has 5 heterocycles. The van der Waals surface area contributed by atoms with Crippen LogP contribution in [0.3, 0.4) is 0 Å². The second-order valence-electron chi connectivity index (χ2n) is 12.9. The van der Waals surface area contributed by atoms with Gasteiger partial charge in [-0.1, -0.05) is 30.7 Å². The van der Waals surface area contributed by atoms with Gasteiger partial charge >= 0.3 is 6.01 Å². The molecule has 7 rings (SSSR count). The zero-order chi connectivity index (χ0) is 31.1. The number of anilines is 1. The number of fused-ring (bicyclic) bond motifs is 2. The quantitative estimate of drug-likeness (QED) is 0.184. The van der Waals surface area contributed by atoms with Gasteiger partial charge in [0.2, 0.25) is 5.91 Å². The molecule has 3 aliphatic rings. The molecule has 1 N–H and O–H groups in total. The minimum atomic E-state index is -0.498. The summed E-state index contributed by atoms with van der Waals surface area (Å²) in [4.78, 5) is 28.1. The summed E-state index contributed by atoms with van der Waals surface area (Å²) in [7, 11) is 0. The van der Waals surface area contributed by atoms with Gasteiger partial charge in [0.25, 0.3) is 0 Å². The highest BCUT2D eigenvalue weighted by Crippen LogP contribution is 2.45. The van der Waals surface area contributed by atoms with Crippen molar-refractivity contribution in [2.75, 3.05) is 57.3 Å². The van der Waals surface area contributed by atoms with Crippen molar-refractivity contribution in [1.82, 2.24) is 30.0 Å². The first kappa shape index (κ1) is 29.9. The average molecular weight is 632 g/mol. The van der Waals surface area contributed by atoms with Crippen molar-refractivity contribution < 1.29 is 13.9 Å². The number of carbonyl (C=O) groups is 1. The van der Waals surface area contributed by atoms with Crippen LogP contribution in [0.4, 0.5) is 10.2 Å². The lowest BCUT2D eigenvalue weighted by Gasteiger charge is -2.54. The van der Waals surface area contributed by atoms with E-state index in [4.69, 9.17) is 21.3 Å². The van der Waals surface area contributed by atoms with E-state index in [-0.39, 0.29) is 22.8 Å². The first-order valence-corrected chi connectivity index (χ1v) is 16.4. The number of rotatable bonds is 8. The summed E-state index contributed by atoms with van der Waals surface area (Å²) in [5, 5.41) is 8.81. The summed E-state index contributed by atoms with van der Waals surface area (Å²) in [6.45, 7) is 12.2. The maximum Gasteiger partial charge on any atom is 0.319 e.